The molecule has 1 fully saturated rings. The van der Waals surface area contributed by atoms with Crippen LogP contribution in [-0.2, 0) is 10.0 Å². The summed E-state index contributed by atoms with van der Waals surface area (Å²) in [5.74, 6) is 1.34. The number of piperidine rings is 1. The summed E-state index contributed by atoms with van der Waals surface area (Å²) in [5, 5.41) is 3.36. The van der Waals surface area contributed by atoms with E-state index in [9.17, 15) is 8.42 Å². The van der Waals surface area contributed by atoms with E-state index >= 15 is 0 Å². The molecule has 0 radical (unpaired) electrons. The van der Waals surface area contributed by atoms with Gasteiger partial charge in [-0.2, -0.15) is 0 Å². The molecule has 2 N–H and O–H groups in total. The van der Waals surface area contributed by atoms with Crippen molar-refractivity contribution >= 4 is 15.7 Å². The van der Waals surface area contributed by atoms with E-state index in [0.29, 0.717) is 29.6 Å². The van der Waals surface area contributed by atoms with Gasteiger partial charge in [-0.25, -0.2) is 8.42 Å². The highest BCUT2D eigenvalue weighted by Crippen LogP contribution is 2.34. The zero-order valence-corrected chi connectivity index (χ0v) is 12.6. The van der Waals surface area contributed by atoms with E-state index < -0.39 is 10.0 Å². The quantitative estimate of drug-likeness (QED) is 0.865. The molecule has 7 heteroatoms. The van der Waals surface area contributed by atoms with Crippen molar-refractivity contribution in [3.8, 4) is 11.5 Å². The van der Waals surface area contributed by atoms with Crippen LogP contribution in [0.4, 0.5) is 5.69 Å². The summed E-state index contributed by atoms with van der Waals surface area (Å²) in [7, 11) is -3.34. The third kappa shape index (κ3) is 3.79. The number of hydrogen-bond donors (Lipinski definition) is 2. The van der Waals surface area contributed by atoms with E-state index in [1.165, 1.54) is 12.8 Å². The number of benzene rings is 1. The fraction of sp³-hybridized carbons (Fsp3) is 0.571. The Morgan fingerprint density at radius 2 is 2.10 bits per heavy atom. The highest BCUT2D eigenvalue weighted by molar-refractivity contribution is 7.92. The Labute approximate surface area is 124 Å². The standard InChI is InChI=1S/C14H20N2O4S/c17-21(18,8-6-11-3-1-2-7-15-11)16-12-4-5-13-14(9-12)20-10-19-13/h4-5,9,11,15-16H,1-3,6-8,10H2. The number of hydrogen-bond acceptors (Lipinski definition) is 5. The van der Waals surface area contributed by atoms with Crippen LogP contribution < -0.4 is 19.5 Å². The van der Waals surface area contributed by atoms with Crippen molar-refractivity contribution in [3.63, 3.8) is 0 Å². The second-order valence-corrected chi connectivity index (χ2v) is 7.27. The maximum absolute atomic E-state index is 12.1. The zero-order chi connectivity index (χ0) is 14.7. The van der Waals surface area contributed by atoms with Gasteiger partial charge >= 0.3 is 0 Å². The third-order valence-corrected chi connectivity index (χ3v) is 5.11. The summed E-state index contributed by atoms with van der Waals surface area (Å²) in [4.78, 5) is 0. The van der Waals surface area contributed by atoms with E-state index in [4.69, 9.17) is 9.47 Å². The summed E-state index contributed by atoms with van der Waals surface area (Å²) in [6, 6.07) is 5.36. The van der Waals surface area contributed by atoms with Crippen LogP contribution >= 0.6 is 0 Å². The number of rotatable bonds is 5. The van der Waals surface area contributed by atoms with Gasteiger partial charge in [0.2, 0.25) is 16.8 Å². The zero-order valence-electron chi connectivity index (χ0n) is 11.8. The molecule has 1 atom stereocenters. The van der Waals surface area contributed by atoms with Crippen molar-refractivity contribution in [1.29, 1.82) is 0 Å². The minimum atomic E-state index is -3.34. The molecule has 2 aliphatic rings. The first-order chi connectivity index (χ1) is 10.1. The SMILES string of the molecule is O=S(=O)(CCC1CCCCN1)Nc1ccc2c(c1)OCO2. The van der Waals surface area contributed by atoms with Crippen LogP contribution in [-0.4, -0.2) is 33.6 Å². The lowest BCUT2D eigenvalue weighted by atomic mass is 10.0. The van der Waals surface area contributed by atoms with Crippen molar-refractivity contribution in [2.24, 2.45) is 0 Å². The van der Waals surface area contributed by atoms with Gasteiger partial charge in [-0.15, -0.1) is 0 Å². The number of fused-ring (bicyclic) bond motifs is 1. The van der Waals surface area contributed by atoms with E-state index in [2.05, 4.69) is 10.0 Å². The lowest BCUT2D eigenvalue weighted by Crippen LogP contribution is -2.36. The molecule has 0 amide bonds. The van der Waals surface area contributed by atoms with E-state index in [0.717, 1.165) is 13.0 Å². The van der Waals surface area contributed by atoms with Gasteiger partial charge in [-0.1, -0.05) is 6.42 Å². The predicted molar refractivity (Wildman–Crippen MR) is 80.2 cm³/mol. The number of anilines is 1. The largest absolute Gasteiger partial charge is 0.454 e. The summed E-state index contributed by atoms with van der Waals surface area (Å²) in [5.41, 5.74) is 0.510. The molecule has 0 aliphatic carbocycles. The minimum Gasteiger partial charge on any atom is -0.454 e. The van der Waals surface area contributed by atoms with Gasteiger partial charge < -0.3 is 14.8 Å². The molecule has 1 aromatic carbocycles. The van der Waals surface area contributed by atoms with E-state index in [-0.39, 0.29) is 12.5 Å². The molecule has 6 nitrogen and oxygen atoms in total. The molecule has 1 unspecified atom stereocenters. The number of sulfonamides is 1. The Hall–Kier alpha value is -1.47. The summed E-state index contributed by atoms with van der Waals surface area (Å²) < 4.78 is 37.3. The smallest absolute Gasteiger partial charge is 0.232 e. The highest BCUT2D eigenvalue weighted by atomic mass is 32.2. The van der Waals surface area contributed by atoms with Gasteiger partial charge in [0, 0.05) is 12.1 Å². The van der Waals surface area contributed by atoms with Crippen molar-refractivity contribution < 1.29 is 17.9 Å². The van der Waals surface area contributed by atoms with Crippen molar-refractivity contribution in [3.05, 3.63) is 18.2 Å². The van der Waals surface area contributed by atoms with Crippen LogP contribution in [0.2, 0.25) is 0 Å². The van der Waals surface area contributed by atoms with Gasteiger partial charge in [0.25, 0.3) is 0 Å². The van der Waals surface area contributed by atoms with Gasteiger partial charge in [0.1, 0.15) is 0 Å². The van der Waals surface area contributed by atoms with Crippen LogP contribution in [0.1, 0.15) is 25.7 Å². The monoisotopic (exact) mass is 312 g/mol. The average molecular weight is 312 g/mol. The fourth-order valence-electron chi connectivity index (χ4n) is 2.66. The maximum Gasteiger partial charge on any atom is 0.232 e. The molecule has 21 heavy (non-hydrogen) atoms. The summed E-state index contributed by atoms with van der Waals surface area (Å²) in [6.45, 7) is 1.17. The topological polar surface area (TPSA) is 76.7 Å². The molecule has 3 rings (SSSR count). The normalized spacial score (nSPS) is 21.2. The van der Waals surface area contributed by atoms with E-state index in [1.54, 1.807) is 18.2 Å². The van der Waals surface area contributed by atoms with Gasteiger partial charge in [-0.3, -0.25) is 4.72 Å². The molecule has 0 saturated carbocycles. The Morgan fingerprint density at radius 1 is 1.24 bits per heavy atom. The first kappa shape index (κ1) is 14.5. The fourth-order valence-corrected chi connectivity index (χ4v) is 3.84. The Kier molecular flexibility index (Phi) is 4.21. The van der Waals surface area contributed by atoms with Crippen molar-refractivity contribution in [2.45, 2.75) is 31.7 Å². The average Bonchev–Trinajstić information content (AvgIpc) is 2.93. The van der Waals surface area contributed by atoms with Crippen LogP contribution in [0.25, 0.3) is 0 Å². The molecule has 0 bridgehead atoms. The minimum absolute atomic E-state index is 0.124. The van der Waals surface area contributed by atoms with Gasteiger partial charge in [0.15, 0.2) is 11.5 Å². The maximum atomic E-state index is 12.1. The number of nitrogens with one attached hydrogen (secondary N) is 2. The Balaban J connectivity index is 1.57. The molecule has 0 spiro atoms. The Morgan fingerprint density at radius 3 is 2.90 bits per heavy atom. The molecule has 116 valence electrons. The van der Waals surface area contributed by atoms with Crippen LogP contribution in [0.15, 0.2) is 18.2 Å². The van der Waals surface area contributed by atoms with Crippen molar-refractivity contribution in [2.75, 3.05) is 23.8 Å². The lowest BCUT2D eigenvalue weighted by Gasteiger charge is -2.23. The number of ether oxygens (including phenoxy) is 2. The van der Waals surface area contributed by atoms with Crippen molar-refractivity contribution in [1.82, 2.24) is 5.32 Å². The molecule has 1 aromatic rings. The first-order valence-corrected chi connectivity index (χ1v) is 8.91. The molecule has 2 aliphatic heterocycles. The third-order valence-electron chi connectivity index (χ3n) is 3.79. The molecule has 0 aromatic heterocycles. The van der Waals surface area contributed by atoms with Crippen LogP contribution in [0, 0.1) is 0 Å². The van der Waals surface area contributed by atoms with Crippen LogP contribution in [0.5, 0.6) is 11.5 Å². The Bertz CT molecular complexity index is 597. The van der Waals surface area contributed by atoms with Gasteiger partial charge in [0.05, 0.1) is 11.4 Å². The highest BCUT2D eigenvalue weighted by Gasteiger charge is 2.19. The van der Waals surface area contributed by atoms with E-state index in [1.807, 2.05) is 0 Å². The molecular weight excluding hydrogens is 292 g/mol. The summed E-state index contributed by atoms with van der Waals surface area (Å²) in [6.07, 6.45) is 4.05. The molecule has 1 saturated heterocycles. The summed E-state index contributed by atoms with van der Waals surface area (Å²) >= 11 is 0. The second kappa shape index (κ2) is 6.11. The molecule has 2 heterocycles. The second-order valence-electron chi connectivity index (χ2n) is 5.42. The lowest BCUT2D eigenvalue weighted by molar-refractivity contribution is 0.174. The first-order valence-electron chi connectivity index (χ1n) is 7.26. The predicted octanol–water partition coefficient (Wildman–Crippen LogP) is 1.69. The van der Waals surface area contributed by atoms with Gasteiger partial charge in [-0.05, 0) is 37.9 Å². The van der Waals surface area contributed by atoms with Crippen LogP contribution in [0.3, 0.4) is 0 Å². The molecular formula is C14H20N2O4S.